The summed E-state index contributed by atoms with van der Waals surface area (Å²) in [4.78, 5) is 36.7. The van der Waals surface area contributed by atoms with E-state index in [1.807, 2.05) is 0 Å². The molecule has 0 saturated carbocycles. The van der Waals surface area contributed by atoms with Crippen molar-refractivity contribution in [1.29, 1.82) is 0 Å². The third kappa shape index (κ3) is 4.22. The largest absolute Gasteiger partial charge is 0.371 e. The molecule has 1 aliphatic heterocycles. The Morgan fingerprint density at radius 1 is 1.04 bits per heavy atom. The van der Waals surface area contributed by atoms with Crippen LogP contribution in [0.25, 0.3) is 0 Å². The topological polar surface area (TPSA) is 119 Å². The number of carbonyl (C=O) groups is 2. The van der Waals surface area contributed by atoms with Crippen LogP contribution in [0.4, 0.5) is 17.1 Å². The zero-order valence-corrected chi connectivity index (χ0v) is 14.7. The lowest BCUT2D eigenvalue weighted by atomic mass is 10.1. The predicted octanol–water partition coefficient (Wildman–Crippen LogP) is 2.94. The first-order chi connectivity index (χ1) is 13.0. The van der Waals surface area contributed by atoms with Crippen LogP contribution in [0.3, 0.4) is 0 Å². The van der Waals surface area contributed by atoms with E-state index in [9.17, 15) is 19.7 Å². The summed E-state index contributed by atoms with van der Waals surface area (Å²) in [5, 5.41) is 13.9. The van der Waals surface area contributed by atoms with Gasteiger partial charge in [0.2, 0.25) is 5.91 Å². The van der Waals surface area contributed by atoms with Crippen molar-refractivity contribution in [3.63, 3.8) is 0 Å². The number of anilines is 2. The molecule has 0 aliphatic carbocycles. The Bertz CT molecular complexity index is 874. The van der Waals surface area contributed by atoms with Crippen LogP contribution in [0.2, 0.25) is 0 Å². The highest BCUT2D eigenvalue weighted by Crippen LogP contribution is 2.28. The average molecular weight is 368 g/mol. The Balaban J connectivity index is 1.89. The Kier molecular flexibility index (Phi) is 5.35. The van der Waals surface area contributed by atoms with Crippen LogP contribution in [-0.2, 0) is 0 Å². The van der Waals surface area contributed by atoms with Crippen molar-refractivity contribution in [2.24, 2.45) is 5.73 Å². The number of carbonyl (C=O) groups excluding carboxylic acids is 2. The SMILES string of the molecule is NC(=O)c1ccc(NC(=O)c2cc([N+](=O)[O-])ccc2N2CCCCC2)cc1. The summed E-state index contributed by atoms with van der Waals surface area (Å²) in [7, 11) is 0. The van der Waals surface area contributed by atoms with E-state index in [1.165, 1.54) is 24.3 Å². The fourth-order valence-electron chi connectivity index (χ4n) is 3.15. The van der Waals surface area contributed by atoms with Crippen LogP contribution >= 0.6 is 0 Å². The third-order valence-electron chi connectivity index (χ3n) is 4.56. The maximum atomic E-state index is 12.8. The van der Waals surface area contributed by atoms with E-state index >= 15 is 0 Å². The Morgan fingerprint density at radius 3 is 2.30 bits per heavy atom. The minimum Gasteiger partial charge on any atom is -0.371 e. The van der Waals surface area contributed by atoms with Crippen molar-refractivity contribution < 1.29 is 14.5 Å². The number of hydrogen-bond donors (Lipinski definition) is 2. The van der Waals surface area contributed by atoms with Gasteiger partial charge in [-0.15, -0.1) is 0 Å². The summed E-state index contributed by atoms with van der Waals surface area (Å²) in [6.45, 7) is 1.62. The molecule has 2 aromatic rings. The van der Waals surface area contributed by atoms with E-state index in [2.05, 4.69) is 10.2 Å². The second kappa shape index (κ2) is 7.86. The van der Waals surface area contributed by atoms with Gasteiger partial charge in [-0.05, 0) is 49.6 Å². The Labute approximate surface area is 156 Å². The van der Waals surface area contributed by atoms with Crippen molar-refractivity contribution in [1.82, 2.24) is 0 Å². The molecule has 1 fully saturated rings. The number of piperidine rings is 1. The fourth-order valence-corrected chi connectivity index (χ4v) is 3.15. The molecule has 140 valence electrons. The number of nitrogens with zero attached hydrogens (tertiary/aromatic N) is 2. The second-order valence-corrected chi connectivity index (χ2v) is 6.40. The van der Waals surface area contributed by atoms with E-state index in [-0.39, 0.29) is 11.3 Å². The second-order valence-electron chi connectivity index (χ2n) is 6.40. The summed E-state index contributed by atoms with van der Waals surface area (Å²) >= 11 is 0. The number of benzene rings is 2. The zero-order valence-electron chi connectivity index (χ0n) is 14.7. The number of primary amides is 1. The number of amides is 2. The number of rotatable bonds is 5. The van der Waals surface area contributed by atoms with Gasteiger partial charge in [-0.3, -0.25) is 19.7 Å². The van der Waals surface area contributed by atoms with Crippen LogP contribution in [-0.4, -0.2) is 29.8 Å². The molecular weight excluding hydrogens is 348 g/mol. The van der Waals surface area contributed by atoms with Crippen LogP contribution < -0.4 is 16.0 Å². The lowest BCUT2D eigenvalue weighted by molar-refractivity contribution is -0.384. The van der Waals surface area contributed by atoms with Gasteiger partial charge in [0.25, 0.3) is 11.6 Å². The normalized spacial score (nSPS) is 13.9. The van der Waals surface area contributed by atoms with E-state index in [1.54, 1.807) is 18.2 Å². The van der Waals surface area contributed by atoms with Gasteiger partial charge in [0.05, 0.1) is 16.2 Å². The van der Waals surface area contributed by atoms with Crippen molar-refractivity contribution in [3.8, 4) is 0 Å². The number of nitrogens with one attached hydrogen (secondary N) is 1. The van der Waals surface area contributed by atoms with Crippen LogP contribution in [0, 0.1) is 10.1 Å². The van der Waals surface area contributed by atoms with Crippen LogP contribution in [0.5, 0.6) is 0 Å². The summed E-state index contributed by atoms with van der Waals surface area (Å²) in [5.41, 5.74) is 6.82. The smallest absolute Gasteiger partial charge is 0.270 e. The maximum Gasteiger partial charge on any atom is 0.270 e. The zero-order chi connectivity index (χ0) is 19.4. The summed E-state index contributed by atoms with van der Waals surface area (Å²) in [6.07, 6.45) is 3.18. The summed E-state index contributed by atoms with van der Waals surface area (Å²) in [6, 6.07) is 10.5. The van der Waals surface area contributed by atoms with Gasteiger partial charge < -0.3 is 16.0 Å². The molecule has 2 amide bonds. The Morgan fingerprint density at radius 2 is 1.70 bits per heavy atom. The molecule has 8 heteroatoms. The molecule has 1 saturated heterocycles. The number of hydrogen-bond acceptors (Lipinski definition) is 5. The van der Waals surface area contributed by atoms with Crippen molar-refractivity contribution >= 4 is 28.9 Å². The lowest BCUT2D eigenvalue weighted by Gasteiger charge is -2.30. The highest BCUT2D eigenvalue weighted by molar-refractivity contribution is 6.08. The van der Waals surface area contributed by atoms with Crippen molar-refractivity contribution in [2.75, 3.05) is 23.3 Å². The molecule has 0 unspecified atom stereocenters. The number of nitrogens with two attached hydrogens (primary N) is 1. The molecular formula is C19H20N4O4. The van der Waals surface area contributed by atoms with Gasteiger partial charge in [-0.2, -0.15) is 0 Å². The molecule has 0 radical (unpaired) electrons. The number of nitro benzene ring substituents is 1. The van der Waals surface area contributed by atoms with Gasteiger partial charge in [-0.1, -0.05) is 0 Å². The van der Waals surface area contributed by atoms with Crippen molar-refractivity contribution in [2.45, 2.75) is 19.3 Å². The molecule has 0 aromatic heterocycles. The van der Waals surface area contributed by atoms with Crippen LogP contribution in [0.1, 0.15) is 40.0 Å². The number of non-ortho nitro benzene ring substituents is 1. The van der Waals surface area contributed by atoms with Gasteiger partial charge in [0.15, 0.2) is 0 Å². The van der Waals surface area contributed by atoms with Gasteiger partial charge in [0, 0.05) is 36.5 Å². The maximum absolute atomic E-state index is 12.8. The molecule has 3 rings (SSSR count). The summed E-state index contributed by atoms with van der Waals surface area (Å²) in [5.74, 6) is -0.995. The lowest BCUT2D eigenvalue weighted by Crippen LogP contribution is -2.31. The van der Waals surface area contributed by atoms with Gasteiger partial charge >= 0.3 is 0 Å². The van der Waals surface area contributed by atoms with Gasteiger partial charge in [0.1, 0.15) is 0 Å². The first-order valence-electron chi connectivity index (χ1n) is 8.70. The fraction of sp³-hybridized carbons (Fsp3) is 0.263. The number of nitro groups is 1. The molecule has 1 heterocycles. The Hall–Kier alpha value is -3.42. The van der Waals surface area contributed by atoms with Gasteiger partial charge in [-0.25, -0.2) is 0 Å². The quantitative estimate of drug-likeness (QED) is 0.621. The highest BCUT2D eigenvalue weighted by atomic mass is 16.6. The highest BCUT2D eigenvalue weighted by Gasteiger charge is 2.22. The van der Waals surface area contributed by atoms with E-state index < -0.39 is 16.7 Å². The molecule has 27 heavy (non-hydrogen) atoms. The molecule has 8 nitrogen and oxygen atoms in total. The molecule has 3 N–H and O–H groups in total. The van der Waals surface area contributed by atoms with Crippen LogP contribution in [0.15, 0.2) is 42.5 Å². The molecule has 1 aliphatic rings. The summed E-state index contributed by atoms with van der Waals surface area (Å²) < 4.78 is 0. The molecule has 0 spiro atoms. The standard InChI is InChI=1S/C19H20N4O4/c20-18(24)13-4-6-14(7-5-13)21-19(25)16-12-15(23(26)27)8-9-17(16)22-10-2-1-3-11-22/h4-9,12H,1-3,10-11H2,(H2,20,24)(H,21,25). The van der Waals surface area contributed by atoms with E-state index in [0.717, 1.165) is 32.4 Å². The minimum atomic E-state index is -0.557. The molecule has 0 atom stereocenters. The minimum absolute atomic E-state index is 0.134. The van der Waals surface area contributed by atoms with Crippen molar-refractivity contribution in [3.05, 3.63) is 63.7 Å². The van der Waals surface area contributed by atoms with E-state index in [0.29, 0.717) is 16.9 Å². The monoisotopic (exact) mass is 368 g/mol. The average Bonchev–Trinajstić information content (AvgIpc) is 2.68. The molecule has 0 bridgehead atoms. The molecule has 2 aromatic carbocycles. The first-order valence-corrected chi connectivity index (χ1v) is 8.70. The third-order valence-corrected chi connectivity index (χ3v) is 4.56. The first kappa shape index (κ1) is 18.4. The van der Waals surface area contributed by atoms with E-state index in [4.69, 9.17) is 5.73 Å². The predicted molar refractivity (Wildman–Crippen MR) is 102 cm³/mol.